The molecule has 124 valence electrons. The lowest BCUT2D eigenvalue weighted by molar-refractivity contribution is 0.0673. The number of carbonyl (C=O) groups excluding carboxylic acids is 1. The molecule has 0 aliphatic carbocycles. The number of carbonyl (C=O) groups is 1. The Kier molecular flexibility index (Phi) is 3.97. The molecule has 3 aromatic heterocycles. The van der Waals surface area contributed by atoms with Crippen molar-refractivity contribution in [3.63, 3.8) is 0 Å². The van der Waals surface area contributed by atoms with Crippen molar-refractivity contribution in [1.29, 1.82) is 0 Å². The summed E-state index contributed by atoms with van der Waals surface area (Å²) in [5.41, 5.74) is 0. The number of furan rings is 2. The van der Waals surface area contributed by atoms with Crippen LogP contribution >= 0.6 is 15.9 Å². The first-order valence-corrected chi connectivity index (χ1v) is 8.42. The number of hydrogen-bond acceptors (Lipinski definition) is 6. The number of amides is 1. The van der Waals surface area contributed by atoms with Gasteiger partial charge < -0.3 is 18.2 Å². The molecular formula is C16H14BrN3O4. The Morgan fingerprint density at radius 1 is 1.17 bits per heavy atom. The molecule has 1 aliphatic rings. The summed E-state index contributed by atoms with van der Waals surface area (Å²) < 4.78 is 16.8. The summed E-state index contributed by atoms with van der Waals surface area (Å²) in [7, 11) is 0. The van der Waals surface area contributed by atoms with Crippen LogP contribution < -0.4 is 0 Å². The Balaban J connectivity index is 1.40. The Hall–Kier alpha value is -2.35. The van der Waals surface area contributed by atoms with Gasteiger partial charge in [-0.15, -0.1) is 10.2 Å². The third-order valence-corrected chi connectivity index (χ3v) is 4.51. The molecule has 4 heterocycles. The van der Waals surface area contributed by atoms with Crippen molar-refractivity contribution in [3.05, 3.63) is 46.8 Å². The highest BCUT2D eigenvalue weighted by Gasteiger charge is 2.29. The molecule has 1 saturated heterocycles. The highest BCUT2D eigenvalue weighted by molar-refractivity contribution is 9.10. The second-order valence-electron chi connectivity index (χ2n) is 5.59. The lowest BCUT2D eigenvalue weighted by Gasteiger charge is -2.29. The van der Waals surface area contributed by atoms with Crippen LogP contribution in [0, 0.1) is 0 Å². The molecule has 0 atom stereocenters. The van der Waals surface area contributed by atoms with Gasteiger partial charge in [-0.3, -0.25) is 4.79 Å². The molecule has 1 amide bonds. The van der Waals surface area contributed by atoms with Crippen LogP contribution in [0.5, 0.6) is 0 Å². The van der Waals surface area contributed by atoms with Gasteiger partial charge in [0.05, 0.1) is 6.26 Å². The Bertz CT molecular complexity index is 831. The van der Waals surface area contributed by atoms with Crippen LogP contribution in [0.2, 0.25) is 0 Å². The highest BCUT2D eigenvalue weighted by Crippen LogP contribution is 2.30. The van der Waals surface area contributed by atoms with Crippen LogP contribution in [-0.2, 0) is 0 Å². The van der Waals surface area contributed by atoms with E-state index in [9.17, 15) is 4.79 Å². The van der Waals surface area contributed by atoms with Gasteiger partial charge in [0.2, 0.25) is 5.89 Å². The third kappa shape index (κ3) is 2.89. The first-order chi connectivity index (χ1) is 11.7. The minimum absolute atomic E-state index is 0.0963. The number of likely N-dealkylation sites (tertiary alicyclic amines) is 1. The second kappa shape index (κ2) is 6.27. The van der Waals surface area contributed by atoms with Gasteiger partial charge in [-0.05, 0) is 53.0 Å². The summed E-state index contributed by atoms with van der Waals surface area (Å²) in [6.45, 7) is 1.25. The smallest absolute Gasteiger partial charge is 0.289 e. The largest absolute Gasteiger partial charge is 0.459 e. The summed E-state index contributed by atoms with van der Waals surface area (Å²) >= 11 is 3.21. The van der Waals surface area contributed by atoms with Gasteiger partial charge in [-0.2, -0.15) is 0 Å². The lowest BCUT2D eigenvalue weighted by atomic mass is 9.96. The average molecular weight is 392 g/mol. The van der Waals surface area contributed by atoms with E-state index in [0.29, 0.717) is 41.1 Å². The van der Waals surface area contributed by atoms with Gasteiger partial charge in [0.25, 0.3) is 11.8 Å². The molecule has 1 fully saturated rings. The topological polar surface area (TPSA) is 85.5 Å². The van der Waals surface area contributed by atoms with Crippen molar-refractivity contribution in [2.45, 2.75) is 18.8 Å². The molecule has 0 aromatic carbocycles. The van der Waals surface area contributed by atoms with Crippen molar-refractivity contribution < 1.29 is 18.0 Å². The van der Waals surface area contributed by atoms with E-state index in [1.54, 1.807) is 35.4 Å². The average Bonchev–Trinajstić information content (AvgIpc) is 3.35. The summed E-state index contributed by atoms with van der Waals surface area (Å²) in [5, 5.41) is 8.15. The SMILES string of the molecule is O=C(c1ccc(Br)o1)N1CCC(c2nnc(-c3ccco3)o2)CC1. The van der Waals surface area contributed by atoms with Gasteiger partial charge in [0.15, 0.2) is 16.2 Å². The predicted octanol–water partition coefficient (Wildman–Crippen LogP) is 3.70. The first-order valence-electron chi connectivity index (χ1n) is 7.62. The van der Waals surface area contributed by atoms with Crippen LogP contribution in [-0.4, -0.2) is 34.1 Å². The molecule has 0 unspecified atom stereocenters. The lowest BCUT2D eigenvalue weighted by Crippen LogP contribution is -2.37. The van der Waals surface area contributed by atoms with Crippen molar-refractivity contribution in [3.8, 4) is 11.7 Å². The molecular weight excluding hydrogens is 378 g/mol. The van der Waals surface area contributed by atoms with Gasteiger partial charge in [0, 0.05) is 19.0 Å². The summed E-state index contributed by atoms with van der Waals surface area (Å²) in [5.74, 6) is 1.93. The maximum absolute atomic E-state index is 12.4. The van der Waals surface area contributed by atoms with E-state index in [1.807, 2.05) is 0 Å². The normalized spacial score (nSPS) is 15.8. The van der Waals surface area contributed by atoms with Gasteiger partial charge in [-0.25, -0.2) is 0 Å². The number of piperidine rings is 1. The first kappa shape index (κ1) is 15.2. The Labute approximate surface area is 145 Å². The quantitative estimate of drug-likeness (QED) is 0.676. The second-order valence-corrected chi connectivity index (χ2v) is 6.37. The minimum atomic E-state index is -0.0963. The van der Waals surface area contributed by atoms with Crippen molar-refractivity contribution in [1.82, 2.24) is 15.1 Å². The van der Waals surface area contributed by atoms with Crippen LogP contribution in [0.25, 0.3) is 11.7 Å². The number of halogens is 1. The van der Waals surface area contributed by atoms with Crippen molar-refractivity contribution >= 4 is 21.8 Å². The van der Waals surface area contributed by atoms with Crippen LogP contribution in [0.4, 0.5) is 0 Å². The summed E-state index contributed by atoms with van der Waals surface area (Å²) in [4.78, 5) is 14.1. The zero-order chi connectivity index (χ0) is 16.5. The Morgan fingerprint density at radius 2 is 2.00 bits per heavy atom. The number of rotatable bonds is 3. The van der Waals surface area contributed by atoms with E-state index < -0.39 is 0 Å². The molecule has 1 aliphatic heterocycles. The molecule has 3 aromatic rings. The molecule has 7 nitrogen and oxygen atoms in total. The molecule has 0 saturated carbocycles. The molecule has 0 radical (unpaired) electrons. The van der Waals surface area contributed by atoms with Crippen molar-refractivity contribution in [2.24, 2.45) is 0 Å². The van der Waals surface area contributed by atoms with E-state index in [-0.39, 0.29) is 11.8 Å². The van der Waals surface area contributed by atoms with E-state index in [4.69, 9.17) is 13.3 Å². The van der Waals surface area contributed by atoms with Gasteiger partial charge in [0.1, 0.15) is 0 Å². The van der Waals surface area contributed by atoms with Crippen molar-refractivity contribution in [2.75, 3.05) is 13.1 Å². The van der Waals surface area contributed by atoms with Crippen LogP contribution in [0.1, 0.15) is 35.2 Å². The monoisotopic (exact) mass is 391 g/mol. The Morgan fingerprint density at radius 3 is 2.67 bits per heavy atom. The van der Waals surface area contributed by atoms with Crippen LogP contribution in [0.3, 0.4) is 0 Å². The minimum Gasteiger partial charge on any atom is -0.459 e. The fourth-order valence-electron chi connectivity index (χ4n) is 2.81. The zero-order valence-electron chi connectivity index (χ0n) is 12.6. The summed E-state index contributed by atoms with van der Waals surface area (Å²) in [6.07, 6.45) is 3.11. The third-order valence-electron chi connectivity index (χ3n) is 4.09. The van der Waals surface area contributed by atoms with Gasteiger partial charge >= 0.3 is 0 Å². The van der Waals surface area contributed by atoms with E-state index in [2.05, 4.69) is 26.1 Å². The number of nitrogens with zero attached hydrogens (tertiary/aromatic N) is 3. The number of aromatic nitrogens is 2. The van der Waals surface area contributed by atoms with E-state index >= 15 is 0 Å². The van der Waals surface area contributed by atoms with E-state index in [1.165, 1.54) is 0 Å². The molecule has 4 rings (SSSR count). The standard InChI is InChI=1S/C16H14BrN3O4/c17-13-4-3-12(23-13)16(21)20-7-5-10(6-8-20)14-18-19-15(24-14)11-2-1-9-22-11/h1-4,9-10H,5-8H2. The fourth-order valence-corrected chi connectivity index (χ4v) is 3.12. The zero-order valence-corrected chi connectivity index (χ0v) is 14.2. The molecule has 0 N–H and O–H groups in total. The molecule has 8 heteroatoms. The fraction of sp³-hybridized carbons (Fsp3) is 0.312. The number of hydrogen-bond donors (Lipinski definition) is 0. The molecule has 0 spiro atoms. The summed E-state index contributed by atoms with van der Waals surface area (Å²) in [6, 6.07) is 6.94. The molecule has 0 bridgehead atoms. The van der Waals surface area contributed by atoms with E-state index in [0.717, 1.165) is 12.8 Å². The van der Waals surface area contributed by atoms with Crippen LogP contribution in [0.15, 0.2) is 48.4 Å². The maximum atomic E-state index is 12.4. The maximum Gasteiger partial charge on any atom is 0.289 e. The van der Waals surface area contributed by atoms with Gasteiger partial charge in [-0.1, -0.05) is 0 Å². The molecule has 24 heavy (non-hydrogen) atoms. The predicted molar refractivity (Wildman–Crippen MR) is 86.3 cm³/mol. The highest BCUT2D eigenvalue weighted by atomic mass is 79.9.